The minimum absolute atomic E-state index is 0. The van der Waals surface area contributed by atoms with Crippen LogP contribution in [0.1, 0.15) is 17.8 Å². The van der Waals surface area contributed by atoms with Gasteiger partial charge in [0.2, 0.25) is 0 Å². The van der Waals surface area contributed by atoms with Gasteiger partial charge in [0.05, 0.1) is 12.8 Å². The number of halogens is 3. The number of benzene rings is 1. The molecule has 0 radical (unpaired) electrons. The average Bonchev–Trinajstić information content (AvgIpc) is 2.87. The smallest absolute Gasteiger partial charge is 0.333 e. The van der Waals surface area contributed by atoms with Gasteiger partial charge in [-0.25, -0.2) is 4.68 Å². The number of nitrogens with zero attached hydrogens (tertiary/aromatic N) is 2. The summed E-state index contributed by atoms with van der Waals surface area (Å²) in [7, 11) is 1.60. The first kappa shape index (κ1) is 16.4. The van der Waals surface area contributed by atoms with Crippen molar-refractivity contribution in [2.24, 2.45) is 0 Å². The van der Waals surface area contributed by atoms with E-state index in [1.54, 1.807) is 13.2 Å². The lowest BCUT2D eigenvalue weighted by Gasteiger charge is -2.08. The molecular formula is C13H16ClF2N3O. The van der Waals surface area contributed by atoms with Crippen molar-refractivity contribution in [3.63, 3.8) is 0 Å². The molecule has 7 heteroatoms. The molecule has 1 aromatic carbocycles. The van der Waals surface area contributed by atoms with Crippen LogP contribution in [0, 0.1) is 0 Å². The fourth-order valence-electron chi connectivity index (χ4n) is 1.77. The average molecular weight is 304 g/mol. The quantitative estimate of drug-likeness (QED) is 0.891. The van der Waals surface area contributed by atoms with Crippen molar-refractivity contribution >= 4 is 12.4 Å². The molecule has 0 aliphatic heterocycles. The zero-order chi connectivity index (χ0) is 13.7. The lowest BCUT2D eigenvalue weighted by Crippen LogP contribution is -2.16. The highest BCUT2D eigenvalue weighted by Gasteiger charge is 2.10. The van der Waals surface area contributed by atoms with Crippen molar-refractivity contribution in [2.75, 3.05) is 7.11 Å². The lowest BCUT2D eigenvalue weighted by molar-refractivity contribution is 0.0531. The molecule has 0 aliphatic carbocycles. The summed E-state index contributed by atoms with van der Waals surface area (Å²) >= 11 is 0. The molecule has 0 bridgehead atoms. The maximum Gasteiger partial charge on any atom is 0.333 e. The van der Waals surface area contributed by atoms with E-state index in [1.807, 2.05) is 24.3 Å². The largest absolute Gasteiger partial charge is 0.497 e. The molecule has 0 fully saturated rings. The van der Waals surface area contributed by atoms with E-state index in [4.69, 9.17) is 4.74 Å². The Bertz CT molecular complexity index is 534. The molecule has 2 aromatic rings. The fourth-order valence-corrected chi connectivity index (χ4v) is 1.77. The summed E-state index contributed by atoms with van der Waals surface area (Å²) in [6.45, 7) is -1.70. The third-order valence-electron chi connectivity index (χ3n) is 2.71. The normalized spacial score (nSPS) is 10.4. The molecule has 2 rings (SSSR count). The number of methoxy groups -OCH3 is 1. The molecule has 1 heterocycles. The molecule has 1 N–H and O–H groups in total. The van der Waals surface area contributed by atoms with Crippen LogP contribution >= 0.6 is 12.4 Å². The monoisotopic (exact) mass is 303 g/mol. The summed E-state index contributed by atoms with van der Waals surface area (Å²) in [6, 6.07) is 9.16. The van der Waals surface area contributed by atoms with Crippen LogP contribution in [0.4, 0.5) is 8.78 Å². The molecule has 110 valence electrons. The van der Waals surface area contributed by atoms with Gasteiger partial charge in [-0.05, 0) is 23.8 Å². The van der Waals surface area contributed by atoms with Gasteiger partial charge in [-0.3, -0.25) is 0 Å². The Balaban J connectivity index is 0.00000200. The predicted molar refractivity (Wildman–Crippen MR) is 74.3 cm³/mol. The Morgan fingerprint density at radius 1 is 1.30 bits per heavy atom. The molecule has 0 spiro atoms. The van der Waals surface area contributed by atoms with Crippen LogP contribution in [-0.4, -0.2) is 16.9 Å². The van der Waals surface area contributed by atoms with E-state index in [0.717, 1.165) is 11.3 Å². The summed E-state index contributed by atoms with van der Waals surface area (Å²) in [6.07, 6.45) is 1.37. The maximum atomic E-state index is 12.6. The predicted octanol–water partition coefficient (Wildman–Crippen LogP) is 3.00. The van der Waals surface area contributed by atoms with Crippen LogP contribution in [0.2, 0.25) is 0 Å². The summed E-state index contributed by atoms with van der Waals surface area (Å²) in [5.41, 5.74) is 1.49. The van der Waals surface area contributed by atoms with Crippen LogP contribution in [0.25, 0.3) is 0 Å². The van der Waals surface area contributed by atoms with Gasteiger partial charge in [-0.2, -0.15) is 13.9 Å². The first-order chi connectivity index (χ1) is 9.20. The van der Waals surface area contributed by atoms with Crippen molar-refractivity contribution in [1.29, 1.82) is 0 Å². The molecule has 0 atom stereocenters. The van der Waals surface area contributed by atoms with E-state index in [0.29, 0.717) is 23.5 Å². The van der Waals surface area contributed by atoms with E-state index in [2.05, 4.69) is 10.4 Å². The van der Waals surface area contributed by atoms with E-state index in [9.17, 15) is 8.78 Å². The van der Waals surface area contributed by atoms with Gasteiger partial charge >= 0.3 is 6.55 Å². The molecule has 0 unspecified atom stereocenters. The Kier molecular flexibility index (Phi) is 6.41. The van der Waals surface area contributed by atoms with Crippen LogP contribution in [0.5, 0.6) is 5.75 Å². The molecule has 1 aromatic heterocycles. The van der Waals surface area contributed by atoms with Gasteiger partial charge in [-0.15, -0.1) is 12.4 Å². The van der Waals surface area contributed by atoms with E-state index >= 15 is 0 Å². The molecule has 4 nitrogen and oxygen atoms in total. The van der Waals surface area contributed by atoms with Crippen molar-refractivity contribution in [2.45, 2.75) is 19.6 Å². The number of ether oxygens (including phenoxy) is 1. The van der Waals surface area contributed by atoms with Crippen LogP contribution in [0.15, 0.2) is 36.5 Å². The minimum atomic E-state index is -2.61. The minimum Gasteiger partial charge on any atom is -0.497 e. The van der Waals surface area contributed by atoms with Crippen LogP contribution in [-0.2, 0) is 13.1 Å². The van der Waals surface area contributed by atoms with Gasteiger partial charge in [0.15, 0.2) is 0 Å². The Hall–Kier alpha value is -1.66. The highest BCUT2D eigenvalue weighted by Crippen LogP contribution is 2.14. The molecule has 0 saturated carbocycles. The molecule has 0 saturated heterocycles. The first-order valence-electron chi connectivity index (χ1n) is 5.85. The molecule has 0 amide bonds. The fraction of sp³-hybridized carbons (Fsp3) is 0.308. The van der Waals surface area contributed by atoms with Crippen LogP contribution in [0.3, 0.4) is 0 Å². The van der Waals surface area contributed by atoms with Gasteiger partial charge in [0, 0.05) is 19.3 Å². The number of aromatic nitrogens is 2. The van der Waals surface area contributed by atoms with Crippen molar-refractivity contribution in [3.05, 3.63) is 47.8 Å². The second kappa shape index (κ2) is 7.81. The molecule has 0 aliphatic rings. The SMILES string of the molecule is COc1cccc(CNCc2ccnn2C(F)F)c1.Cl. The number of nitrogens with one attached hydrogen (secondary N) is 1. The number of alkyl halides is 2. The summed E-state index contributed by atoms with van der Waals surface area (Å²) < 4.78 is 31.0. The van der Waals surface area contributed by atoms with Gasteiger partial charge in [0.25, 0.3) is 0 Å². The second-order valence-electron chi connectivity index (χ2n) is 4.00. The highest BCUT2D eigenvalue weighted by atomic mass is 35.5. The zero-order valence-electron chi connectivity index (χ0n) is 10.9. The molecule has 20 heavy (non-hydrogen) atoms. The Morgan fingerprint density at radius 3 is 2.80 bits per heavy atom. The zero-order valence-corrected chi connectivity index (χ0v) is 11.7. The van der Waals surface area contributed by atoms with Gasteiger partial charge in [-0.1, -0.05) is 12.1 Å². The summed E-state index contributed by atoms with van der Waals surface area (Å²) in [5.74, 6) is 0.775. The maximum absolute atomic E-state index is 12.6. The Labute approximate surface area is 122 Å². The van der Waals surface area contributed by atoms with Gasteiger partial charge < -0.3 is 10.1 Å². The number of hydrogen-bond donors (Lipinski definition) is 1. The van der Waals surface area contributed by atoms with Crippen LogP contribution < -0.4 is 10.1 Å². The van der Waals surface area contributed by atoms with E-state index in [-0.39, 0.29) is 12.4 Å². The van der Waals surface area contributed by atoms with E-state index < -0.39 is 6.55 Å². The van der Waals surface area contributed by atoms with Crippen molar-refractivity contribution < 1.29 is 13.5 Å². The Morgan fingerprint density at radius 2 is 2.10 bits per heavy atom. The van der Waals surface area contributed by atoms with Crippen molar-refractivity contribution in [1.82, 2.24) is 15.1 Å². The summed E-state index contributed by atoms with van der Waals surface area (Å²) in [4.78, 5) is 0. The third-order valence-corrected chi connectivity index (χ3v) is 2.71. The number of rotatable bonds is 6. The second-order valence-corrected chi connectivity index (χ2v) is 4.00. The lowest BCUT2D eigenvalue weighted by atomic mass is 10.2. The van der Waals surface area contributed by atoms with Gasteiger partial charge in [0.1, 0.15) is 5.75 Å². The number of hydrogen-bond acceptors (Lipinski definition) is 3. The first-order valence-corrected chi connectivity index (χ1v) is 5.85. The third kappa shape index (κ3) is 4.18. The topological polar surface area (TPSA) is 39.1 Å². The molecular weight excluding hydrogens is 288 g/mol. The highest BCUT2D eigenvalue weighted by molar-refractivity contribution is 5.85. The van der Waals surface area contributed by atoms with E-state index in [1.165, 1.54) is 6.20 Å². The van der Waals surface area contributed by atoms with Crippen molar-refractivity contribution in [3.8, 4) is 5.75 Å². The summed E-state index contributed by atoms with van der Waals surface area (Å²) in [5, 5.41) is 6.68. The standard InChI is InChI=1S/C13H15F2N3O.ClH/c1-19-12-4-2-3-10(7-12)8-16-9-11-5-6-17-18(11)13(14)15;/h2-7,13,16H,8-9H2,1H3;1H.